The summed E-state index contributed by atoms with van der Waals surface area (Å²) in [4.78, 5) is 17.9. The van der Waals surface area contributed by atoms with Crippen molar-refractivity contribution in [2.45, 2.75) is 12.0 Å². The van der Waals surface area contributed by atoms with Crippen LogP contribution in [0.2, 0.25) is 0 Å². The van der Waals surface area contributed by atoms with Gasteiger partial charge in [-0.1, -0.05) is 18.2 Å². The zero-order valence-electron chi connectivity index (χ0n) is 11.5. The predicted molar refractivity (Wildman–Crippen MR) is 82.5 cm³/mol. The molecule has 0 spiro atoms. The number of aliphatic imine (C=N–C) groups is 1. The van der Waals surface area contributed by atoms with Crippen LogP contribution < -0.4 is 15.8 Å². The molecule has 2 heterocycles. The summed E-state index contributed by atoms with van der Waals surface area (Å²) in [6, 6.07) is 11.3. The van der Waals surface area contributed by atoms with E-state index in [9.17, 15) is 4.79 Å². The molecule has 0 saturated heterocycles. The van der Waals surface area contributed by atoms with Gasteiger partial charge < -0.3 is 10.5 Å². The molecule has 6 heteroatoms. The van der Waals surface area contributed by atoms with E-state index < -0.39 is 5.54 Å². The molecule has 0 aliphatic carbocycles. The molecule has 0 unspecified atom stereocenters. The van der Waals surface area contributed by atoms with Crippen molar-refractivity contribution in [2.24, 2.45) is 10.7 Å². The van der Waals surface area contributed by atoms with Crippen molar-refractivity contribution in [1.82, 2.24) is 5.32 Å². The third kappa shape index (κ3) is 2.38. The van der Waals surface area contributed by atoms with Gasteiger partial charge in [-0.15, -0.1) is 11.3 Å². The number of ether oxygens (including phenoxy) is 1. The third-order valence-corrected chi connectivity index (χ3v) is 4.38. The predicted octanol–water partition coefficient (Wildman–Crippen LogP) is 1.64. The number of nitrogens with zero attached hydrogens (tertiary/aromatic N) is 1. The second-order valence-electron chi connectivity index (χ2n) is 4.80. The maximum atomic E-state index is 12.5. The number of carbonyl (C=O) groups is 1. The first-order valence-corrected chi connectivity index (χ1v) is 7.36. The normalized spacial score (nSPS) is 21.0. The number of benzene rings is 1. The summed E-state index contributed by atoms with van der Waals surface area (Å²) in [5.41, 5.74) is 5.52. The lowest BCUT2D eigenvalue weighted by atomic mass is 9.86. The Labute approximate surface area is 126 Å². The highest BCUT2D eigenvalue weighted by atomic mass is 32.1. The summed E-state index contributed by atoms with van der Waals surface area (Å²) in [6.07, 6.45) is 0.490. The van der Waals surface area contributed by atoms with E-state index in [1.165, 1.54) is 0 Å². The second kappa shape index (κ2) is 5.21. The number of nitrogens with one attached hydrogen (secondary N) is 1. The highest BCUT2D eigenvalue weighted by Gasteiger charge is 2.45. The number of hydrogen-bond acceptors (Lipinski definition) is 5. The highest BCUT2D eigenvalue weighted by molar-refractivity contribution is 7.09. The minimum absolute atomic E-state index is 0.160. The van der Waals surface area contributed by atoms with Crippen LogP contribution in [0.3, 0.4) is 0 Å². The van der Waals surface area contributed by atoms with E-state index in [2.05, 4.69) is 10.3 Å². The van der Waals surface area contributed by atoms with Gasteiger partial charge >= 0.3 is 0 Å². The molecule has 21 heavy (non-hydrogen) atoms. The Kier molecular flexibility index (Phi) is 3.39. The summed E-state index contributed by atoms with van der Waals surface area (Å²) in [5.74, 6) is 0.700. The van der Waals surface area contributed by atoms with Crippen molar-refractivity contribution in [3.05, 3.63) is 52.2 Å². The molecule has 0 saturated carbocycles. The first-order valence-electron chi connectivity index (χ1n) is 6.48. The van der Waals surface area contributed by atoms with Crippen LogP contribution in [-0.2, 0) is 16.8 Å². The average molecular weight is 301 g/mol. The highest BCUT2D eigenvalue weighted by Crippen LogP contribution is 2.35. The number of guanidine groups is 1. The molecule has 1 aromatic carbocycles. The minimum atomic E-state index is -0.999. The molecular weight excluding hydrogens is 286 g/mol. The summed E-state index contributed by atoms with van der Waals surface area (Å²) < 4.78 is 5.16. The number of methoxy groups -OCH3 is 1. The SMILES string of the molecule is COc1ccc([C@]2(Cc3cccs3)N=C(N)NC2=O)cc1. The van der Waals surface area contributed by atoms with Crippen molar-refractivity contribution in [2.75, 3.05) is 7.11 Å². The second-order valence-corrected chi connectivity index (χ2v) is 5.83. The molecule has 0 bridgehead atoms. The van der Waals surface area contributed by atoms with Crippen LogP contribution in [0.1, 0.15) is 10.4 Å². The van der Waals surface area contributed by atoms with Crippen molar-refractivity contribution in [3.8, 4) is 5.75 Å². The Hall–Kier alpha value is -2.34. The molecule has 3 N–H and O–H groups in total. The van der Waals surface area contributed by atoms with Crippen LogP contribution in [-0.4, -0.2) is 19.0 Å². The Morgan fingerprint density at radius 3 is 2.62 bits per heavy atom. The fraction of sp³-hybridized carbons (Fsp3) is 0.200. The largest absolute Gasteiger partial charge is 0.497 e. The number of nitrogens with two attached hydrogens (primary N) is 1. The maximum Gasteiger partial charge on any atom is 0.259 e. The molecule has 5 nitrogen and oxygen atoms in total. The van der Waals surface area contributed by atoms with Gasteiger partial charge in [0.1, 0.15) is 5.75 Å². The van der Waals surface area contributed by atoms with Crippen molar-refractivity contribution in [1.29, 1.82) is 0 Å². The number of amides is 1. The molecule has 1 aliphatic heterocycles. The molecule has 0 radical (unpaired) electrons. The lowest BCUT2D eigenvalue weighted by molar-refractivity contribution is -0.124. The molecule has 1 aromatic heterocycles. The van der Waals surface area contributed by atoms with Crippen molar-refractivity contribution in [3.63, 3.8) is 0 Å². The van der Waals surface area contributed by atoms with E-state index in [0.29, 0.717) is 6.42 Å². The van der Waals surface area contributed by atoms with E-state index in [1.54, 1.807) is 18.4 Å². The Balaban J connectivity index is 2.05. The molecule has 1 atom stereocenters. The number of thiophene rings is 1. The average Bonchev–Trinajstić information content (AvgIpc) is 3.08. The smallest absolute Gasteiger partial charge is 0.259 e. The molecule has 1 aliphatic rings. The Bertz CT molecular complexity index is 679. The van der Waals surface area contributed by atoms with E-state index in [-0.39, 0.29) is 11.9 Å². The van der Waals surface area contributed by atoms with E-state index in [4.69, 9.17) is 10.5 Å². The molecule has 3 rings (SSSR count). The Morgan fingerprint density at radius 1 is 1.33 bits per heavy atom. The number of rotatable bonds is 4. The van der Waals surface area contributed by atoms with Gasteiger partial charge in [-0.2, -0.15) is 0 Å². The van der Waals surface area contributed by atoms with Crippen LogP contribution in [0.5, 0.6) is 5.75 Å². The van der Waals surface area contributed by atoms with E-state index >= 15 is 0 Å². The van der Waals surface area contributed by atoms with Gasteiger partial charge in [0, 0.05) is 11.3 Å². The van der Waals surface area contributed by atoms with Gasteiger partial charge in [0.05, 0.1) is 7.11 Å². The maximum absolute atomic E-state index is 12.5. The van der Waals surface area contributed by atoms with Crippen LogP contribution in [0.25, 0.3) is 0 Å². The van der Waals surface area contributed by atoms with E-state index in [1.807, 2.05) is 41.8 Å². The Morgan fingerprint density at radius 2 is 2.10 bits per heavy atom. The fourth-order valence-corrected chi connectivity index (χ4v) is 3.23. The molecule has 1 amide bonds. The van der Waals surface area contributed by atoms with Crippen LogP contribution in [0, 0.1) is 0 Å². The number of carbonyl (C=O) groups excluding carboxylic acids is 1. The van der Waals surface area contributed by atoms with Crippen LogP contribution in [0.4, 0.5) is 0 Å². The number of hydrogen-bond donors (Lipinski definition) is 2. The van der Waals surface area contributed by atoms with Crippen molar-refractivity contribution < 1.29 is 9.53 Å². The summed E-state index contributed by atoms with van der Waals surface area (Å²) in [5, 5.41) is 4.59. The standard InChI is InChI=1S/C15H15N3O2S/c1-20-11-6-4-10(5-7-11)15(9-12-3-2-8-21-12)13(19)17-14(16)18-15/h2-8H,9H2,1H3,(H3,16,17,18,19)/t15-/m0/s1. The van der Waals surface area contributed by atoms with Gasteiger partial charge in [0.2, 0.25) is 0 Å². The fourth-order valence-electron chi connectivity index (χ4n) is 2.45. The molecule has 0 fully saturated rings. The summed E-state index contributed by atoms with van der Waals surface area (Å²) in [6.45, 7) is 0. The van der Waals surface area contributed by atoms with Gasteiger partial charge in [0.25, 0.3) is 5.91 Å². The summed E-state index contributed by atoms with van der Waals surface area (Å²) in [7, 11) is 1.61. The van der Waals surface area contributed by atoms with Crippen LogP contribution >= 0.6 is 11.3 Å². The lowest BCUT2D eigenvalue weighted by Gasteiger charge is -2.23. The van der Waals surface area contributed by atoms with Gasteiger partial charge in [-0.3, -0.25) is 10.1 Å². The van der Waals surface area contributed by atoms with Gasteiger partial charge in [0.15, 0.2) is 11.5 Å². The minimum Gasteiger partial charge on any atom is -0.497 e. The topological polar surface area (TPSA) is 76.7 Å². The quantitative estimate of drug-likeness (QED) is 0.901. The molecular formula is C15H15N3O2S. The third-order valence-electron chi connectivity index (χ3n) is 3.51. The summed E-state index contributed by atoms with van der Waals surface area (Å²) >= 11 is 1.60. The van der Waals surface area contributed by atoms with E-state index in [0.717, 1.165) is 16.2 Å². The first kappa shape index (κ1) is 13.6. The van der Waals surface area contributed by atoms with Crippen LogP contribution in [0.15, 0.2) is 46.8 Å². The molecule has 2 aromatic rings. The van der Waals surface area contributed by atoms with Gasteiger partial charge in [-0.25, -0.2) is 4.99 Å². The lowest BCUT2D eigenvalue weighted by Crippen LogP contribution is -2.40. The zero-order chi connectivity index (χ0) is 14.9. The van der Waals surface area contributed by atoms with Gasteiger partial charge in [-0.05, 0) is 29.1 Å². The van der Waals surface area contributed by atoms with Crippen molar-refractivity contribution >= 4 is 23.2 Å². The molecule has 108 valence electrons. The monoisotopic (exact) mass is 301 g/mol. The first-order chi connectivity index (χ1) is 10.1. The zero-order valence-corrected chi connectivity index (χ0v) is 12.3.